The van der Waals surface area contributed by atoms with E-state index in [1.54, 1.807) is 0 Å². The van der Waals surface area contributed by atoms with Crippen LogP contribution in [-0.2, 0) is 27.8 Å². The smallest absolute Gasteiger partial charge is 0.407 e. The second-order valence-corrected chi connectivity index (χ2v) is 9.00. The molecule has 9 nitrogen and oxygen atoms in total. The van der Waals surface area contributed by atoms with Gasteiger partial charge in [0.2, 0.25) is 15.9 Å². The maximum absolute atomic E-state index is 12.2. The highest BCUT2D eigenvalue weighted by Gasteiger charge is 2.32. The van der Waals surface area contributed by atoms with Gasteiger partial charge in [0, 0.05) is 37.5 Å². The summed E-state index contributed by atoms with van der Waals surface area (Å²) in [5.41, 5.74) is 0.814. The number of carboxylic acid groups (broad SMARTS) is 1. The summed E-state index contributed by atoms with van der Waals surface area (Å²) in [6.45, 7) is 1.20. The molecule has 1 aromatic heterocycles. The highest BCUT2D eigenvalue weighted by Crippen LogP contribution is 2.30. The van der Waals surface area contributed by atoms with E-state index in [0.29, 0.717) is 31.1 Å². The average molecular weight is 374 g/mol. The number of nitrogens with one attached hydrogen (secondary N) is 1. The minimum Gasteiger partial charge on any atom is -0.465 e. The molecule has 1 saturated heterocycles. The van der Waals surface area contributed by atoms with Gasteiger partial charge in [-0.2, -0.15) is 4.31 Å². The van der Waals surface area contributed by atoms with Gasteiger partial charge in [-0.15, -0.1) is 11.3 Å². The second-order valence-electron chi connectivity index (χ2n) is 5.94. The molecule has 132 valence electrons. The zero-order valence-corrected chi connectivity index (χ0v) is 14.7. The van der Waals surface area contributed by atoms with Crippen LogP contribution in [0, 0.1) is 5.92 Å². The number of hydrogen-bond acceptors (Lipinski definition) is 6. The van der Waals surface area contributed by atoms with Crippen molar-refractivity contribution in [3.05, 3.63) is 10.6 Å². The fourth-order valence-corrected chi connectivity index (χ4v) is 4.76. The molecule has 3 heterocycles. The summed E-state index contributed by atoms with van der Waals surface area (Å²) in [7, 11) is -3.25. The summed E-state index contributed by atoms with van der Waals surface area (Å²) in [6.07, 6.45) is 1.17. The van der Waals surface area contributed by atoms with Gasteiger partial charge in [0.1, 0.15) is 0 Å². The lowest BCUT2D eigenvalue weighted by atomic mass is 10.1. The van der Waals surface area contributed by atoms with Crippen molar-refractivity contribution < 1.29 is 23.1 Å². The van der Waals surface area contributed by atoms with E-state index in [2.05, 4.69) is 10.3 Å². The lowest BCUT2D eigenvalue weighted by Crippen LogP contribution is -2.34. The number of fused-ring (bicyclic) bond motifs is 1. The first-order valence-corrected chi connectivity index (χ1v) is 10.1. The Balaban J connectivity index is 1.65. The van der Waals surface area contributed by atoms with E-state index in [0.717, 1.165) is 10.6 Å². The maximum Gasteiger partial charge on any atom is 0.407 e. The Labute approximate surface area is 143 Å². The fraction of sp³-hybridized carbons (Fsp3) is 0.615. The standard InChI is InChI=1S/C13H18N4O5S2/c1-24(21,22)17-5-3-9-10(7-17)23-12(14-9)15-11(18)8-2-4-16(6-8)13(19)20/h8H,2-7H2,1H3,(H,19,20)(H,14,15,18). The number of anilines is 1. The Hall–Kier alpha value is -1.72. The Morgan fingerprint density at radius 1 is 1.38 bits per heavy atom. The lowest BCUT2D eigenvalue weighted by molar-refractivity contribution is -0.119. The third-order valence-corrected chi connectivity index (χ3v) is 6.47. The molecule has 0 spiro atoms. The Bertz CT molecular complexity index is 775. The minimum absolute atomic E-state index is 0.189. The monoisotopic (exact) mass is 374 g/mol. The number of carbonyl (C=O) groups is 2. The number of sulfonamides is 1. The van der Waals surface area contributed by atoms with Crippen molar-refractivity contribution in [2.24, 2.45) is 5.92 Å². The van der Waals surface area contributed by atoms with Gasteiger partial charge in [-0.1, -0.05) is 0 Å². The molecule has 0 radical (unpaired) electrons. The van der Waals surface area contributed by atoms with E-state index >= 15 is 0 Å². The SMILES string of the molecule is CS(=O)(=O)N1CCc2nc(NC(=O)C3CCN(C(=O)O)C3)sc2C1. The summed E-state index contributed by atoms with van der Waals surface area (Å²) in [6, 6.07) is 0. The molecular weight excluding hydrogens is 356 g/mol. The Morgan fingerprint density at radius 3 is 2.75 bits per heavy atom. The summed E-state index contributed by atoms with van der Waals surface area (Å²) < 4.78 is 24.6. The summed E-state index contributed by atoms with van der Waals surface area (Å²) in [4.78, 5) is 29.6. The Morgan fingerprint density at radius 2 is 2.12 bits per heavy atom. The number of carbonyl (C=O) groups excluding carboxylic acids is 1. The van der Waals surface area contributed by atoms with Crippen molar-refractivity contribution in [1.29, 1.82) is 0 Å². The van der Waals surface area contributed by atoms with Crippen molar-refractivity contribution >= 4 is 38.5 Å². The van der Waals surface area contributed by atoms with Gasteiger partial charge in [-0.25, -0.2) is 18.2 Å². The first-order chi connectivity index (χ1) is 11.2. The van der Waals surface area contributed by atoms with E-state index in [1.165, 1.54) is 26.8 Å². The summed E-state index contributed by atoms with van der Waals surface area (Å²) in [5, 5.41) is 12.1. The van der Waals surface area contributed by atoms with Gasteiger partial charge in [0.15, 0.2) is 5.13 Å². The van der Waals surface area contributed by atoms with Crippen LogP contribution >= 0.6 is 11.3 Å². The molecule has 0 bridgehead atoms. The van der Waals surface area contributed by atoms with E-state index in [1.807, 2.05) is 0 Å². The zero-order valence-electron chi connectivity index (χ0n) is 13.1. The number of hydrogen-bond donors (Lipinski definition) is 2. The third kappa shape index (κ3) is 3.52. The first kappa shape index (κ1) is 17.1. The molecule has 2 aliphatic rings. The van der Waals surface area contributed by atoms with Crippen molar-refractivity contribution in [2.45, 2.75) is 19.4 Å². The molecule has 0 aliphatic carbocycles. The van der Waals surface area contributed by atoms with Crippen molar-refractivity contribution in [3.8, 4) is 0 Å². The van der Waals surface area contributed by atoms with Gasteiger partial charge >= 0.3 is 6.09 Å². The van der Waals surface area contributed by atoms with Gasteiger partial charge in [-0.05, 0) is 6.42 Å². The van der Waals surface area contributed by atoms with Crippen LogP contribution < -0.4 is 5.32 Å². The molecule has 24 heavy (non-hydrogen) atoms. The molecule has 11 heteroatoms. The zero-order chi connectivity index (χ0) is 17.5. The normalized spacial score (nSPS) is 21.5. The molecule has 2 N–H and O–H groups in total. The van der Waals surface area contributed by atoms with E-state index < -0.39 is 16.1 Å². The number of aromatic nitrogens is 1. The van der Waals surface area contributed by atoms with E-state index in [4.69, 9.17) is 5.11 Å². The molecule has 1 fully saturated rings. The van der Waals surface area contributed by atoms with Crippen LogP contribution in [0.5, 0.6) is 0 Å². The van der Waals surface area contributed by atoms with Crippen LogP contribution in [0.15, 0.2) is 0 Å². The molecule has 0 saturated carbocycles. The van der Waals surface area contributed by atoms with Gasteiger partial charge in [0.25, 0.3) is 0 Å². The van der Waals surface area contributed by atoms with E-state index in [9.17, 15) is 18.0 Å². The summed E-state index contributed by atoms with van der Waals surface area (Å²) in [5.74, 6) is -0.626. The van der Waals surface area contributed by atoms with Crippen LogP contribution in [0.1, 0.15) is 17.0 Å². The lowest BCUT2D eigenvalue weighted by Gasteiger charge is -2.23. The van der Waals surface area contributed by atoms with Crippen LogP contribution in [0.2, 0.25) is 0 Å². The number of rotatable bonds is 3. The molecule has 0 aromatic carbocycles. The molecule has 2 aliphatic heterocycles. The molecule has 1 aromatic rings. The van der Waals surface area contributed by atoms with Gasteiger partial charge in [0.05, 0.1) is 17.9 Å². The van der Waals surface area contributed by atoms with Crippen LogP contribution in [0.3, 0.4) is 0 Å². The maximum atomic E-state index is 12.2. The first-order valence-electron chi connectivity index (χ1n) is 7.46. The van der Waals surface area contributed by atoms with Crippen LogP contribution in [0.25, 0.3) is 0 Å². The quantitative estimate of drug-likeness (QED) is 0.790. The number of nitrogens with zero attached hydrogens (tertiary/aromatic N) is 3. The fourth-order valence-electron chi connectivity index (χ4n) is 2.86. The van der Waals surface area contributed by atoms with Crippen molar-refractivity contribution in [2.75, 3.05) is 31.2 Å². The van der Waals surface area contributed by atoms with Gasteiger partial charge < -0.3 is 15.3 Å². The molecule has 3 rings (SSSR count). The Kier molecular flexibility index (Phi) is 4.49. The third-order valence-electron chi connectivity index (χ3n) is 4.22. The topological polar surface area (TPSA) is 120 Å². The highest BCUT2D eigenvalue weighted by atomic mass is 32.2. The predicted octanol–water partition coefficient (Wildman–Crippen LogP) is 0.399. The molecule has 1 atom stereocenters. The molecule has 1 unspecified atom stereocenters. The average Bonchev–Trinajstić information content (AvgIpc) is 3.11. The number of thiazole rings is 1. The number of likely N-dealkylation sites (tertiary alicyclic amines) is 1. The van der Waals surface area contributed by atoms with Crippen LogP contribution in [0.4, 0.5) is 9.93 Å². The van der Waals surface area contributed by atoms with E-state index in [-0.39, 0.29) is 24.9 Å². The predicted molar refractivity (Wildman–Crippen MR) is 87.4 cm³/mol. The summed E-state index contributed by atoms with van der Waals surface area (Å²) >= 11 is 1.27. The number of amides is 2. The van der Waals surface area contributed by atoms with Crippen molar-refractivity contribution in [3.63, 3.8) is 0 Å². The molecular formula is C13H18N4O5S2. The van der Waals surface area contributed by atoms with Crippen molar-refractivity contribution in [1.82, 2.24) is 14.2 Å². The van der Waals surface area contributed by atoms with Crippen LogP contribution in [-0.4, -0.2) is 65.6 Å². The second kappa shape index (κ2) is 6.30. The highest BCUT2D eigenvalue weighted by molar-refractivity contribution is 7.88. The minimum atomic E-state index is -3.25. The molecule has 2 amide bonds. The largest absolute Gasteiger partial charge is 0.465 e. The van der Waals surface area contributed by atoms with Gasteiger partial charge in [-0.3, -0.25) is 4.79 Å².